The summed E-state index contributed by atoms with van der Waals surface area (Å²) in [7, 11) is -4.34. The fourth-order valence-electron chi connectivity index (χ4n) is 5.45. The molecule has 1 saturated carbocycles. The Morgan fingerprint density at radius 1 is 1.10 bits per heavy atom. The van der Waals surface area contributed by atoms with Crippen molar-refractivity contribution < 1.29 is 17.6 Å². The number of pyridine rings is 1. The molecular weight excluding hydrogens is 515 g/mol. The Morgan fingerprint density at radius 2 is 1.85 bits per heavy atom. The zero-order valence-electron chi connectivity index (χ0n) is 21.9. The van der Waals surface area contributed by atoms with Crippen LogP contribution in [0, 0.1) is 24.1 Å². The van der Waals surface area contributed by atoms with Crippen molar-refractivity contribution in [1.29, 1.82) is 5.26 Å². The number of hydrogen-bond donors (Lipinski definition) is 0. The smallest absolute Gasteiger partial charge is 0.246 e. The molecule has 0 N–H and O–H groups in total. The molecule has 1 aromatic heterocycles. The number of amides is 1. The van der Waals surface area contributed by atoms with E-state index in [0.717, 1.165) is 16.4 Å². The van der Waals surface area contributed by atoms with Crippen LogP contribution in [-0.2, 0) is 21.4 Å². The van der Waals surface area contributed by atoms with Gasteiger partial charge < -0.3 is 4.90 Å². The van der Waals surface area contributed by atoms with E-state index >= 15 is 0 Å². The third-order valence-corrected chi connectivity index (χ3v) is 9.74. The second-order valence-corrected chi connectivity index (χ2v) is 12.2. The molecule has 5 rings (SSSR count). The second kappa shape index (κ2) is 11.2. The molecule has 1 amide bonds. The van der Waals surface area contributed by atoms with Crippen LogP contribution in [0.25, 0.3) is 0 Å². The number of sulfonamides is 1. The van der Waals surface area contributed by atoms with E-state index in [1.807, 2.05) is 36.5 Å². The Balaban J connectivity index is 1.40. The molecule has 1 aliphatic heterocycles. The van der Waals surface area contributed by atoms with Gasteiger partial charge in [-0.3, -0.25) is 9.78 Å². The van der Waals surface area contributed by atoms with Crippen LogP contribution in [0.15, 0.2) is 65.7 Å². The number of aromatic nitrogens is 1. The van der Waals surface area contributed by atoms with E-state index in [1.54, 1.807) is 24.0 Å². The number of aryl methyl sites for hydroxylation is 1. The molecule has 39 heavy (non-hydrogen) atoms. The molecule has 1 saturated heterocycles. The minimum atomic E-state index is -4.34. The summed E-state index contributed by atoms with van der Waals surface area (Å²) in [5.41, 5.74) is 2.96. The highest BCUT2D eigenvalue weighted by Crippen LogP contribution is 2.34. The number of nitrogens with zero attached hydrogens (tertiary/aromatic N) is 4. The molecule has 0 unspecified atom stereocenters. The van der Waals surface area contributed by atoms with Crippen molar-refractivity contribution in [2.75, 3.05) is 11.4 Å². The average molecular weight is 547 g/mol. The van der Waals surface area contributed by atoms with Gasteiger partial charge in [0.05, 0.1) is 23.9 Å². The quantitative estimate of drug-likeness (QED) is 0.393. The maximum Gasteiger partial charge on any atom is 0.246 e. The maximum absolute atomic E-state index is 14.8. The van der Waals surface area contributed by atoms with Gasteiger partial charge in [-0.2, -0.15) is 9.57 Å². The van der Waals surface area contributed by atoms with Crippen molar-refractivity contribution in [3.8, 4) is 6.07 Å². The van der Waals surface area contributed by atoms with E-state index in [1.165, 1.54) is 37.7 Å². The second-order valence-electron chi connectivity index (χ2n) is 10.3. The van der Waals surface area contributed by atoms with Crippen LogP contribution < -0.4 is 4.90 Å². The third kappa shape index (κ3) is 5.45. The molecule has 9 heteroatoms. The number of benzene rings is 2. The lowest BCUT2D eigenvalue weighted by Crippen LogP contribution is -2.59. The molecule has 2 aliphatic rings. The summed E-state index contributed by atoms with van der Waals surface area (Å²) in [5.74, 6) is -0.821. The number of hydrogen-bond acceptors (Lipinski definition) is 5. The number of halogens is 1. The van der Waals surface area contributed by atoms with Gasteiger partial charge in [-0.25, -0.2) is 12.8 Å². The van der Waals surface area contributed by atoms with Gasteiger partial charge in [-0.1, -0.05) is 43.5 Å². The predicted octanol–water partition coefficient (Wildman–Crippen LogP) is 5.44. The first-order chi connectivity index (χ1) is 18.8. The van der Waals surface area contributed by atoms with E-state index in [9.17, 15) is 22.9 Å². The number of para-hydroxylation sites is 1. The van der Waals surface area contributed by atoms with Crippen LogP contribution in [0.1, 0.15) is 66.8 Å². The minimum Gasteiger partial charge on any atom is -0.305 e. The summed E-state index contributed by atoms with van der Waals surface area (Å²) < 4.78 is 42.7. The molecule has 202 valence electrons. The third-order valence-electron chi connectivity index (χ3n) is 7.82. The van der Waals surface area contributed by atoms with Crippen LogP contribution in [0.4, 0.5) is 10.1 Å². The van der Waals surface area contributed by atoms with Crippen LogP contribution in [0.5, 0.6) is 0 Å². The first kappa shape index (κ1) is 27.0. The number of rotatable bonds is 7. The average Bonchev–Trinajstić information content (AvgIpc) is 2.92. The van der Waals surface area contributed by atoms with Gasteiger partial charge >= 0.3 is 0 Å². The van der Waals surface area contributed by atoms with Crippen molar-refractivity contribution in [2.24, 2.45) is 0 Å². The zero-order valence-corrected chi connectivity index (χ0v) is 22.7. The van der Waals surface area contributed by atoms with Crippen molar-refractivity contribution in [1.82, 2.24) is 9.29 Å². The van der Waals surface area contributed by atoms with Gasteiger partial charge in [0.25, 0.3) is 0 Å². The zero-order chi connectivity index (χ0) is 27.6. The first-order valence-corrected chi connectivity index (χ1v) is 14.8. The van der Waals surface area contributed by atoms with Crippen LogP contribution in [0.3, 0.4) is 0 Å². The lowest BCUT2D eigenvalue weighted by atomic mass is 9.85. The summed E-state index contributed by atoms with van der Waals surface area (Å²) in [4.78, 5) is 19.4. The Bertz CT molecular complexity index is 1500. The maximum atomic E-state index is 14.8. The number of carbonyl (C=O) groups is 1. The lowest BCUT2D eigenvalue weighted by molar-refractivity contribution is -0.125. The van der Waals surface area contributed by atoms with Crippen LogP contribution >= 0.6 is 0 Å². The van der Waals surface area contributed by atoms with Gasteiger partial charge in [0.15, 0.2) is 0 Å². The molecule has 0 bridgehead atoms. The van der Waals surface area contributed by atoms with E-state index < -0.39 is 32.7 Å². The standard InChI is InChI=1S/C30H31FN4O3S/c1-21-16-27(31)29(17-24(21)18-32)39(37,38)35-15-14-28(35)30(36)34(26-10-6-3-7-11-26)20-25-13-12-23(19-33-25)22-8-4-2-5-9-22/h3,6-7,10-13,16-17,19,22,28H,2,4-5,8-9,14-15,20H2,1H3/t28-/m1/s1. The van der Waals surface area contributed by atoms with Gasteiger partial charge in [0.1, 0.15) is 16.8 Å². The van der Waals surface area contributed by atoms with E-state index in [-0.39, 0.29) is 18.7 Å². The SMILES string of the molecule is Cc1cc(F)c(S(=O)(=O)N2CC[C@@H]2C(=O)N(Cc2ccc(C3CCCCC3)cn2)c2ccccc2)cc1C#N. The molecule has 2 heterocycles. The normalized spacial score (nSPS) is 18.2. The predicted molar refractivity (Wildman–Crippen MR) is 146 cm³/mol. The fraction of sp³-hybridized carbons (Fsp3) is 0.367. The molecule has 2 fully saturated rings. The largest absolute Gasteiger partial charge is 0.305 e. The first-order valence-electron chi connectivity index (χ1n) is 13.3. The molecule has 0 spiro atoms. The minimum absolute atomic E-state index is 0.0760. The molecule has 2 aromatic carbocycles. The van der Waals surface area contributed by atoms with Crippen molar-refractivity contribution >= 4 is 21.6 Å². The highest BCUT2D eigenvalue weighted by Gasteiger charge is 2.45. The van der Waals surface area contributed by atoms with Crippen LogP contribution in [-0.4, -0.2) is 36.2 Å². The monoisotopic (exact) mass is 546 g/mol. The van der Waals surface area contributed by atoms with Crippen LogP contribution in [0.2, 0.25) is 0 Å². The number of anilines is 1. The summed E-state index contributed by atoms with van der Waals surface area (Å²) in [6.07, 6.45) is 8.28. The number of nitriles is 1. The Labute approximate surface area is 228 Å². The molecular formula is C30H31FN4O3S. The fourth-order valence-corrected chi connectivity index (χ4v) is 7.15. The van der Waals surface area contributed by atoms with E-state index in [2.05, 4.69) is 11.1 Å². The van der Waals surface area contributed by atoms with Crippen molar-refractivity contribution in [2.45, 2.75) is 68.8 Å². The van der Waals surface area contributed by atoms with Gasteiger partial charge in [0, 0.05) is 18.4 Å². The number of carbonyl (C=O) groups excluding carboxylic acids is 1. The van der Waals surface area contributed by atoms with Gasteiger partial charge in [-0.15, -0.1) is 0 Å². The van der Waals surface area contributed by atoms with E-state index in [4.69, 9.17) is 0 Å². The molecule has 1 aliphatic carbocycles. The molecule has 7 nitrogen and oxygen atoms in total. The summed E-state index contributed by atoms with van der Waals surface area (Å²) >= 11 is 0. The Hall–Kier alpha value is -3.61. The highest BCUT2D eigenvalue weighted by molar-refractivity contribution is 7.89. The summed E-state index contributed by atoms with van der Waals surface area (Å²) in [6, 6.07) is 16.1. The molecule has 1 atom stereocenters. The summed E-state index contributed by atoms with van der Waals surface area (Å²) in [6.45, 7) is 1.81. The van der Waals surface area contributed by atoms with Crippen molar-refractivity contribution in [3.63, 3.8) is 0 Å². The highest BCUT2D eigenvalue weighted by atomic mass is 32.2. The van der Waals surface area contributed by atoms with Crippen molar-refractivity contribution in [3.05, 3.63) is 89.0 Å². The summed E-state index contributed by atoms with van der Waals surface area (Å²) in [5, 5.41) is 9.33. The van der Waals surface area contributed by atoms with Gasteiger partial charge in [-0.05, 0) is 73.6 Å². The molecule has 0 radical (unpaired) electrons. The lowest BCUT2D eigenvalue weighted by Gasteiger charge is -2.41. The Morgan fingerprint density at radius 3 is 2.46 bits per heavy atom. The van der Waals surface area contributed by atoms with E-state index in [0.29, 0.717) is 29.3 Å². The Kier molecular flexibility index (Phi) is 7.78. The van der Waals surface area contributed by atoms with Gasteiger partial charge in [0.2, 0.25) is 15.9 Å². The topological polar surface area (TPSA) is 94.4 Å². The molecule has 3 aromatic rings.